The number of nitrogens with two attached hydrogens (primary N) is 1. The number of nitrogens with zero attached hydrogens (tertiary/aromatic N) is 4. The quantitative estimate of drug-likeness (QED) is 0.515. The maximum atomic E-state index is 13.0. The topological polar surface area (TPSA) is 143 Å². The summed E-state index contributed by atoms with van der Waals surface area (Å²) < 4.78 is 1.30. The van der Waals surface area contributed by atoms with Crippen molar-refractivity contribution < 1.29 is 4.79 Å². The molecule has 0 bridgehead atoms. The number of hydrogen-bond acceptors (Lipinski definition) is 7. The largest absolute Gasteiger partial charge is 0.383 e. The highest BCUT2D eigenvalue weighted by Gasteiger charge is 2.25. The van der Waals surface area contributed by atoms with Crippen molar-refractivity contribution in [3.05, 3.63) is 26.7 Å². The molecule has 0 spiro atoms. The third-order valence-corrected chi connectivity index (χ3v) is 4.88. The Kier molecular flexibility index (Phi) is 7.66. The van der Waals surface area contributed by atoms with Crippen LogP contribution in [0.4, 0.5) is 11.5 Å². The average Bonchev–Trinajstić information content (AvgIpc) is 3.10. The second-order valence-corrected chi connectivity index (χ2v) is 8.55. The van der Waals surface area contributed by atoms with Gasteiger partial charge in [0.2, 0.25) is 11.1 Å². The molecule has 2 aromatic rings. The van der Waals surface area contributed by atoms with E-state index in [-0.39, 0.29) is 35.0 Å². The number of carbonyl (C=O) groups is 1. The molecular formula is C18H29N7O3S. The highest BCUT2D eigenvalue weighted by molar-refractivity contribution is 7.99. The highest BCUT2D eigenvalue weighted by atomic mass is 32.2. The molecule has 0 saturated carbocycles. The fourth-order valence-corrected chi connectivity index (χ4v) is 3.47. The van der Waals surface area contributed by atoms with Gasteiger partial charge >= 0.3 is 5.69 Å². The molecular weight excluding hydrogens is 394 g/mol. The van der Waals surface area contributed by atoms with Crippen LogP contribution in [0.15, 0.2) is 14.7 Å². The lowest BCUT2D eigenvalue weighted by Crippen LogP contribution is -2.43. The van der Waals surface area contributed by atoms with Crippen LogP contribution in [0.1, 0.15) is 40.4 Å². The summed E-state index contributed by atoms with van der Waals surface area (Å²) in [6.45, 7) is 10.3. The zero-order chi connectivity index (χ0) is 21.7. The molecule has 160 valence electrons. The molecule has 0 fully saturated rings. The Morgan fingerprint density at radius 2 is 1.93 bits per heavy atom. The molecule has 2 aromatic heterocycles. The van der Waals surface area contributed by atoms with E-state index in [1.165, 1.54) is 21.2 Å². The number of thioether (sulfide) groups is 1. The van der Waals surface area contributed by atoms with E-state index in [0.29, 0.717) is 24.7 Å². The van der Waals surface area contributed by atoms with Crippen molar-refractivity contribution in [3.63, 3.8) is 0 Å². The normalized spacial score (nSPS) is 11.4. The Morgan fingerprint density at radius 1 is 1.24 bits per heavy atom. The van der Waals surface area contributed by atoms with Crippen LogP contribution in [0, 0.1) is 11.8 Å². The summed E-state index contributed by atoms with van der Waals surface area (Å²) in [5.74, 6) is 0.688. The first kappa shape index (κ1) is 22.7. The molecule has 0 unspecified atom stereocenters. The van der Waals surface area contributed by atoms with E-state index in [1.54, 1.807) is 0 Å². The van der Waals surface area contributed by atoms with Gasteiger partial charge in [0.1, 0.15) is 11.6 Å². The van der Waals surface area contributed by atoms with Crippen LogP contribution in [-0.4, -0.2) is 42.9 Å². The molecule has 0 aliphatic carbocycles. The van der Waals surface area contributed by atoms with Crippen molar-refractivity contribution in [3.8, 4) is 0 Å². The molecule has 0 radical (unpaired) electrons. The first-order chi connectivity index (χ1) is 13.6. The van der Waals surface area contributed by atoms with Gasteiger partial charge in [-0.3, -0.25) is 24.2 Å². The van der Waals surface area contributed by atoms with Gasteiger partial charge in [-0.2, -0.15) is 0 Å². The van der Waals surface area contributed by atoms with Crippen LogP contribution in [0.3, 0.4) is 0 Å². The lowest BCUT2D eigenvalue weighted by Gasteiger charge is -2.26. The van der Waals surface area contributed by atoms with Crippen molar-refractivity contribution in [2.45, 2.75) is 52.7 Å². The molecule has 4 N–H and O–H groups in total. The van der Waals surface area contributed by atoms with Gasteiger partial charge in [-0.15, -0.1) is 5.10 Å². The number of aryl methyl sites for hydroxylation is 1. The molecule has 0 saturated heterocycles. The third kappa shape index (κ3) is 5.72. The molecule has 0 aromatic carbocycles. The van der Waals surface area contributed by atoms with Crippen LogP contribution in [-0.2, 0) is 17.8 Å². The highest BCUT2D eigenvalue weighted by Crippen LogP contribution is 2.21. The van der Waals surface area contributed by atoms with Gasteiger partial charge in [0.05, 0.1) is 5.75 Å². The molecule has 10 nitrogen and oxygen atoms in total. The summed E-state index contributed by atoms with van der Waals surface area (Å²) in [7, 11) is 0. The van der Waals surface area contributed by atoms with Crippen LogP contribution >= 0.6 is 11.8 Å². The number of nitrogens with one attached hydrogen (secondary N) is 2. The van der Waals surface area contributed by atoms with E-state index < -0.39 is 11.2 Å². The molecule has 0 aliphatic heterocycles. The second kappa shape index (κ2) is 9.77. The molecule has 0 atom stereocenters. The van der Waals surface area contributed by atoms with Gasteiger partial charge in [-0.25, -0.2) is 9.78 Å². The van der Waals surface area contributed by atoms with E-state index in [1.807, 2.05) is 34.6 Å². The smallest absolute Gasteiger partial charge is 0.330 e. The number of aromatic nitrogens is 5. The SMILES string of the molecule is CCc1nc(SCC(=O)N(CC(C)C)c2c(N)n(CC(C)C)c(=O)[nH]c2=O)n[nH]1. The van der Waals surface area contributed by atoms with Crippen molar-refractivity contribution in [2.24, 2.45) is 11.8 Å². The maximum Gasteiger partial charge on any atom is 0.330 e. The zero-order valence-electron chi connectivity index (χ0n) is 17.5. The number of hydrogen-bond donors (Lipinski definition) is 3. The monoisotopic (exact) mass is 423 g/mol. The minimum Gasteiger partial charge on any atom is -0.383 e. The Bertz CT molecular complexity index is 961. The fourth-order valence-electron chi connectivity index (χ4n) is 2.77. The van der Waals surface area contributed by atoms with E-state index in [2.05, 4.69) is 20.2 Å². The minimum atomic E-state index is -0.669. The lowest BCUT2D eigenvalue weighted by atomic mass is 10.2. The Hall–Kier alpha value is -2.56. The number of carbonyl (C=O) groups excluding carboxylic acids is 1. The van der Waals surface area contributed by atoms with Gasteiger partial charge in [-0.1, -0.05) is 46.4 Å². The summed E-state index contributed by atoms with van der Waals surface area (Å²) in [6.07, 6.45) is 0.713. The molecule has 0 aliphatic rings. The summed E-state index contributed by atoms with van der Waals surface area (Å²) in [4.78, 5) is 45.7. The van der Waals surface area contributed by atoms with Gasteiger partial charge in [-0.05, 0) is 11.8 Å². The summed E-state index contributed by atoms with van der Waals surface area (Å²) in [6, 6.07) is 0. The molecule has 29 heavy (non-hydrogen) atoms. The molecule has 11 heteroatoms. The predicted octanol–water partition coefficient (Wildman–Crippen LogP) is 1.24. The predicted molar refractivity (Wildman–Crippen MR) is 114 cm³/mol. The average molecular weight is 424 g/mol. The number of nitrogen functional groups attached to an aromatic ring is 1. The van der Waals surface area contributed by atoms with Gasteiger partial charge in [0.15, 0.2) is 5.69 Å². The van der Waals surface area contributed by atoms with Crippen LogP contribution < -0.4 is 21.9 Å². The van der Waals surface area contributed by atoms with Crippen LogP contribution in [0.5, 0.6) is 0 Å². The number of aromatic amines is 2. The van der Waals surface area contributed by atoms with Gasteiger partial charge in [0.25, 0.3) is 5.56 Å². The first-order valence-corrected chi connectivity index (χ1v) is 10.6. The first-order valence-electron chi connectivity index (χ1n) is 9.61. The summed E-state index contributed by atoms with van der Waals surface area (Å²) >= 11 is 1.18. The van der Waals surface area contributed by atoms with Gasteiger partial charge in [0, 0.05) is 19.5 Å². The Morgan fingerprint density at radius 3 is 2.48 bits per heavy atom. The Labute approximate surface area is 173 Å². The van der Waals surface area contributed by atoms with Crippen LogP contribution in [0.2, 0.25) is 0 Å². The van der Waals surface area contributed by atoms with Crippen molar-refractivity contribution in [1.82, 2.24) is 24.7 Å². The number of anilines is 2. The van der Waals surface area contributed by atoms with Crippen molar-refractivity contribution in [2.75, 3.05) is 22.9 Å². The van der Waals surface area contributed by atoms with E-state index in [9.17, 15) is 14.4 Å². The second-order valence-electron chi connectivity index (χ2n) is 7.60. The van der Waals surface area contributed by atoms with E-state index in [0.717, 1.165) is 5.82 Å². The number of amides is 1. The third-order valence-electron chi connectivity index (χ3n) is 4.05. The maximum absolute atomic E-state index is 13.0. The fraction of sp³-hybridized carbons (Fsp3) is 0.611. The summed E-state index contributed by atoms with van der Waals surface area (Å²) in [5.41, 5.74) is 4.95. The standard InChI is InChI=1S/C18H29N7O3S/c1-6-12-20-17(23-22-12)29-9-13(26)24(7-10(2)3)14-15(19)25(8-11(4)5)18(28)21-16(14)27/h10-11H,6-9,19H2,1-5H3,(H,20,22,23)(H,21,27,28). The van der Waals surface area contributed by atoms with Crippen molar-refractivity contribution in [1.29, 1.82) is 0 Å². The molecule has 1 amide bonds. The van der Waals surface area contributed by atoms with E-state index >= 15 is 0 Å². The Balaban J connectivity index is 2.37. The number of H-pyrrole nitrogens is 2. The lowest BCUT2D eigenvalue weighted by molar-refractivity contribution is -0.116. The van der Waals surface area contributed by atoms with Gasteiger partial charge < -0.3 is 10.6 Å². The van der Waals surface area contributed by atoms with Crippen LogP contribution in [0.25, 0.3) is 0 Å². The van der Waals surface area contributed by atoms with Crippen molar-refractivity contribution >= 4 is 29.2 Å². The van der Waals surface area contributed by atoms with E-state index in [4.69, 9.17) is 5.73 Å². The molecule has 2 rings (SSSR count). The zero-order valence-corrected chi connectivity index (χ0v) is 18.3. The number of rotatable bonds is 9. The minimum absolute atomic E-state index is 0.00221. The molecule has 2 heterocycles. The summed E-state index contributed by atoms with van der Waals surface area (Å²) in [5, 5.41) is 7.33.